The van der Waals surface area contributed by atoms with Crippen molar-refractivity contribution in [3.63, 3.8) is 0 Å². The first-order valence-corrected chi connectivity index (χ1v) is 12.3. The number of unbranched alkanes of at least 4 members (excludes halogenated alkanes) is 1. The van der Waals surface area contributed by atoms with Gasteiger partial charge in [0.25, 0.3) is 0 Å². The number of ether oxygens (including phenoxy) is 2. The lowest BCUT2D eigenvalue weighted by Crippen LogP contribution is -2.32. The minimum absolute atomic E-state index is 0.321. The van der Waals surface area contributed by atoms with Gasteiger partial charge in [-0.2, -0.15) is 0 Å². The summed E-state index contributed by atoms with van der Waals surface area (Å²) in [6.45, 7) is 2.14. The number of hydrogen-bond acceptors (Lipinski definition) is 4. The van der Waals surface area contributed by atoms with Gasteiger partial charge < -0.3 is 13.9 Å². The summed E-state index contributed by atoms with van der Waals surface area (Å²) in [4.78, 5) is 13.7. The Labute approximate surface area is 207 Å². The number of esters is 1. The van der Waals surface area contributed by atoms with Gasteiger partial charge in [0.05, 0.1) is 6.26 Å². The van der Waals surface area contributed by atoms with E-state index in [-0.39, 0.29) is 12.1 Å². The molecule has 0 saturated carbocycles. The van der Waals surface area contributed by atoms with Crippen molar-refractivity contribution in [3.05, 3.63) is 132 Å². The normalized spacial score (nSPS) is 12.9. The molecule has 4 nitrogen and oxygen atoms in total. The van der Waals surface area contributed by atoms with Crippen LogP contribution in [0.5, 0.6) is 0 Å². The number of carbonyl (C=O) groups is 1. The van der Waals surface area contributed by atoms with Crippen LogP contribution >= 0.6 is 0 Å². The van der Waals surface area contributed by atoms with E-state index in [1.165, 1.54) is 0 Å². The molecule has 1 heterocycles. The Morgan fingerprint density at radius 1 is 0.800 bits per heavy atom. The fraction of sp³-hybridized carbons (Fsp3) is 0.258. The Bertz CT molecular complexity index is 1090. The summed E-state index contributed by atoms with van der Waals surface area (Å²) in [5.41, 5.74) is 2.84. The third kappa shape index (κ3) is 6.93. The average molecular weight is 469 g/mol. The second-order valence-electron chi connectivity index (χ2n) is 8.60. The molecule has 2 atom stereocenters. The second kappa shape index (κ2) is 12.7. The molecular weight excluding hydrogens is 436 g/mol. The topological polar surface area (TPSA) is 48.7 Å². The van der Waals surface area contributed by atoms with E-state index in [0.717, 1.165) is 41.7 Å². The fourth-order valence-corrected chi connectivity index (χ4v) is 4.13. The van der Waals surface area contributed by atoms with Gasteiger partial charge in [0.15, 0.2) is 12.2 Å². The molecule has 1 aromatic heterocycles. The Morgan fingerprint density at radius 3 is 1.94 bits per heavy atom. The molecule has 0 amide bonds. The van der Waals surface area contributed by atoms with Crippen molar-refractivity contribution in [1.82, 2.24) is 0 Å². The first-order chi connectivity index (χ1) is 17.2. The van der Waals surface area contributed by atoms with Gasteiger partial charge in [-0.3, -0.25) is 0 Å². The van der Waals surface area contributed by atoms with E-state index in [1.807, 2.05) is 103 Å². The maximum atomic E-state index is 13.7. The van der Waals surface area contributed by atoms with E-state index in [2.05, 4.69) is 6.92 Å². The maximum absolute atomic E-state index is 13.7. The van der Waals surface area contributed by atoms with Gasteiger partial charge in [-0.15, -0.1) is 0 Å². The summed E-state index contributed by atoms with van der Waals surface area (Å²) in [6.07, 6.45) is 3.20. The van der Waals surface area contributed by atoms with Crippen molar-refractivity contribution in [3.8, 4) is 0 Å². The number of benzene rings is 3. The highest BCUT2D eigenvalue weighted by molar-refractivity contribution is 5.76. The highest BCUT2D eigenvalue weighted by Crippen LogP contribution is 2.30. The second-order valence-corrected chi connectivity index (χ2v) is 8.60. The van der Waals surface area contributed by atoms with Crippen LogP contribution in [0.15, 0.2) is 114 Å². The highest BCUT2D eigenvalue weighted by Gasteiger charge is 2.30. The predicted octanol–water partition coefficient (Wildman–Crippen LogP) is 7.47. The van der Waals surface area contributed by atoms with Gasteiger partial charge >= 0.3 is 5.97 Å². The molecule has 35 heavy (non-hydrogen) atoms. The molecule has 0 aliphatic carbocycles. The predicted molar refractivity (Wildman–Crippen MR) is 137 cm³/mol. The lowest BCUT2D eigenvalue weighted by molar-refractivity contribution is -0.166. The largest absolute Gasteiger partial charge is 0.467 e. The van der Waals surface area contributed by atoms with Crippen molar-refractivity contribution >= 4 is 5.97 Å². The van der Waals surface area contributed by atoms with Crippen LogP contribution in [-0.4, -0.2) is 12.1 Å². The van der Waals surface area contributed by atoms with E-state index in [0.29, 0.717) is 6.42 Å². The zero-order chi connectivity index (χ0) is 24.3. The zero-order valence-electron chi connectivity index (χ0n) is 20.1. The molecular formula is C31H32O4. The molecule has 4 heteroatoms. The van der Waals surface area contributed by atoms with E-state index in [4.69, 9.17) is 13.9 Å². The van der Waals surface area contributed by atoms with Crippen LogP contribution in [0.4, 0.5) is 0 Å². The third-order valence-corrected chi connectivity index (χ3v) is 5.97. The van der Waals surface area contributed by atoms with Gasteiger partial charge in [0, 0.05) is 6.42 Å². The summed E-state index contributed by atoms with van der Waals surface area (Å²) in [6, 6.07) is 33.3. The molecule has 0 radical (unpaired) electrons. The minimum Gasteiger partial charge on any atom is -0.467 e. The summed E-state index contributed by atoms with van der Waals surface area (Å²) < 4.78 is 18.3. The van der Waals surface area contributed by atoms with Crippen molar-refractivity contribution in [1.29, 1.82) is 0 Å². The molecule has 4 aromatic rings. The van der Waals surface area contributed by atoms with Gasteiger partial charge in [-0.25, -0.2) is 4.79 Å². The molecule has 3 aromatic carbocycles. The summed E-state index contributed by atoms with van der Waals surface area (Å²) in [7, 11) is 0. The highest BCUT2D eigenvalue weighted by atomic mass is 16.6. The van der Waals surface area contributed by atoms with E-state index in [1.54, 1.807) is 6.26 Å². The van der Waals surface area contributed by atoms with Crippen molar-refractivity contribution in [2.45, 2.75) is 50.9 Å². The molecule has 0 N–H and O–H groups in total. The smallest absolute Gasteiger partial charge is 0.336 e. The van der Waals surface area contributed by atoms with Crippen molar-refractivity contribution < 1.29 is 18.7 Å². The van der Waals surface area contributed by atoms with Gasteiger partial charge in [0.2, 0.25) is 0 Å². The van der Waals surface area contributed by atoms with E-state index >= 15 is 0 Å². The van der Waals surface area contributed by atoms with E-state index in [9.17, 15) is 4.79 Å². The number of carbonyl (C=O) groups excluding carboxylic acids is 1. The van der Waals surface area contributed by atoms with Crippen LogP contribution in [0.2, 0.25) is 0 Å². The lowest BCUT2D eigenvalue weighted by Gasteiger charge is -2.26. The standard InChI is InChI=1S/C31H32O4/c1-2-3-20-28(27-21-13-22-33-27)34-29(23-24-14-7-4-8-15-24)31(32)35-30(25-16-9-5-10-17-25)26-18-11-6-12-19-26/h4-19,21-22,28-30H,2-3,20,23H2,1H3. The number of rotatable bonds is 12. The van der Waals surface area contributed by atoms with Crippen molar-refractivity contribution in [2.24, 2.45) is 0 Å². The zero-order valence-corrected chi connectivity index (χ0v) is 20.1. The van der Waals surface area contributed by atoms with Crippen LogP contribution in [-0.2, 0) is 20.7 Å². The Balaban J connectivity index is 1.61. The molecule has 180 valence electrons. The molecule has 0 bridgehead atoms. The SMILES string of the molecule is CCCCC(OC(Cc1ccccc1)C(=O)OC(c1ccccc1)c1ccccc1)c1ccco1. The van der Waals surface area contributed by atoms with Crippen LogP contribution in [0.25, 0.3) is 0 Å². The summed E-state index contributed by atoms with van der Waals surface area (Å²) in [5, 5.41) is 0. The quantitative estimate of drug-likeness (QED) is 0.202. The van der Waals surface area contributed by atoms with Crippen LogP contribution in [0.3, 0.4) is 0 Å². The molecule has 0 fully saturated rings. The Morgan fingerprint density at radius 2 is 1.40 bits per heavy atom. The third-order valence-electron chi connectivity index (χ3n) is 5.97. The van der Waals surface area contributed by atoms with Crippen molar-refractivity contribution in [2.75, 3.05) is 0 Å². The summed E-state index contributed by atoms with van der Waals surface area (Å²) >= 11 is 0. The lowest BCUT2D eigenvalue weighted by atomic mass is 10.0. The monoisotopic (exact) mass is 468 g/mol. The molecule has 0 aliphatic heterocycles. The number of furan rings is 1. The summed E-state index contributed by atoms with van der Waals surface area (Å²) in [5.74, 6) is 0.339. The molecule has 0 aliphatic rings. The first-order valence-electron chi connectivity index (χ1n) is 12.3. The number of hydrogen-bond donors (Lipinski definition) is 0. The fourth-order valence-electron chi connectivity index (χ4n) is 4.13. The molecule has 2 unspecified atom stereocenters. The van der Waals surface area contributed by atoms with Gasteiger partial charge in [-0.1, -0.05) is 111 Å². The molecule has 0 spiro atoms. The van der Waals surface area contributed by atoms with Crippen LogP contribution < -0.4 is 0 Å². The Kier molecular flexibility index (Phi) is 8.91. The Hall–Kier alpha value is -3.63. The van der Waals surface area contributed by atoms with Crippen LogP contribution in [0.1, 0.15) is 60.8 Å². The first kappa shape index (κ1) is 24.5. The van der Waals surface area contributed by atoms with E-state index < -0.39 is 12.2 Å². The molecule has 4 rings (SSSR count). The van der Waals surface area contributed by atoms with Gasteiger partial charge in [-0.05, 0) is 35.2 Å². The molecule has 0 saturated heterocycles. The van der Waals surface area contributed by atoms with Crippen LogP contribution in [0, 0.1) is 0 Å². The van der Waals surface area contributed by atoms with Gasteiger partial charge in [0.1, 0.15) is 11.9 Å². The maximum Gasteiger partial charge on any atom is 0.336 e. The average Bonchev–Trinajstić information content (AvgIpc) is 3.45. The minimum atomic E-state index is -0.778.